The van der Waals surface area contributed by atoms with E-state index in [2.05, 4.69) is 29.9 Å². The molecule has 2 aliphatic rings. The summed E-state index contributed by atoms with van der Waals surface area (Å²) in [6.45, 7) is 0. The first-order valence-corrected chi connectivity index (χ1v) is 15.0. The third kappa shape index (κ3) is 4.76. The van der Waals surface area contributed by atoms with E-state index < -0.39 is 64.5 Å². The van der Waals surface area contributed by atoms with Crippen molar-refractivity contribution in [2.75, 3.05) is 0 Å². The summed E-state index contributed by atoms with van der Waals surface area (Å²) in [5.41, 5.74) is -4.69. The van der Waals surface area contributed by atoms with Crippen LogP contribution in [0.1, 0.15) is 0 Å². The smallest absolute Gasteiger partial charge is 0.324 e. The summed E-state index contributed by atoms with van der Waals surface area (Å²) < 4.78 is 0. The fourth-order valence-electron chi connectivity index (χ4n) is 6.54. The standard InChI is InChI=1S/C32H14N12O8.Al/c45-41(46)21-19-20(22(42(47)48)24(44(51)52)23(21)43(49)50)32-39-30-18-12-6-4-10-16(18)28(37-30)35-26-14-8-2-1-7-13(14)25(33-26)34-27-15-9-3-5-11-17(15)29(36-27)38-31(19)40-32;/h1-12H,(H2,33,34,35,36,37,38,39,40);/q;+3. The number of hydrogen-bond donors (Lipinski definition) is 2. The monoisotopic (exact) mass is 721 g/mol. The van der Waals surface area contributed by atoms with Crippen LogP contribution in [0.3, 0.4) is 0 Å². The van der Waals surface area contributed by atoms with Gasteiger partial charge in [0, 0.05) is 33.0 Å². The van der Waals surface area contributed by atoms with Gasteiger partial charge in [0.1, 0.15) is 33.4 Å². The molecule has 4 aromatic carbocycles. The molecule has 20 nitrogen and oxygen atoms in total. The summed E-state index contributed by atoms with van der Waals surface area (Å²) in [7, 11) is 0. The Morgan fingerprint density at radius 3 is 1.00 bits per heavy atom. The van der Waals surface area contributed by atoms with Crippen molar-refractivity contribution >= 4 is 84.2 Å². The minimum Gasteiger partial charge on any atom is -0.324 e. The van der Waals surface area contributed by atoms with E-state index in [1.165, 1.54) is 0 Å². The van der Waals surface area contributed by atoms with E-state index in [1.807, 2.05) is 24.3 Å². The van der Waals surface area contributed by atoms with Gasteiger partial charge in [0.2, 0.25) is 0 Å². The van der Waals surface area contributed by atoms with Crippen molar-refractivity contribution in [3.8, 4) is 45.6 Å². The van der Waals surface area contributed by atoms with Gasteiger partial charge in [-0.15, -0.1) is 0 Å². The molecular weight excluding hydrogens is 707 g/mol. The topological polar surface area (TPSA) is 281 Å². The van der Waals surface area contributed by atoms with Crippen LogP contribution in [0.4, 0.5) is 22.7 Å². The number of nitrogens with one attached hydrogen (secondary N) is 2. The van der Waals surface area contributed by atoms with E-state index in [4.69, 9.17) is 9.97 Å². The Morgan fingerprint density at radius 2 is 0.679 bits per heavy atom. The molecule has 53 heavy (non-hydrogen) atoms. The molecule has 9 rings (SSSR count). The summed E-state index contributed by atoms with van der Waals surface area (Å²) in [6.07, 6.45) is 0. The predicted molar refractivity (Wildman–Crippen MR) is 188 cm³/mol. The fraction of sp³-hybridized carbons (Fsp3) is 0. The van der Waals surface area contributed by atoms with Crippen LogP contribution in [0.5, 0.6) is 0 Å². The zero-order valence-electron chi connectivity index (χ0n) is 26.2. The average Bonchev–Trinajstić information content (AvgIpc) is 3.86. The molecule has 0 saturated heterocycles. The quantitative estimate of drug-likeness (QED) is 0.118. The molecule has 5 heterocycles. The second-order valence-corrected chi connectivity index (χ2v) is 11.4. The van der Waals surface area contributed by atoms with Gasteiger partial charge >= 0.3 is 40.1 Å². The molecule has 0 amide bonds. The summed E-state index contributed by atoms with van der Waals surface area (Å²) in [6, 6.07) is 20.9. The van der Waals surface area contributed by atoms with Crippen LogP contribution in [0.25, 0.3) is 89.7 Å². The Hall–Kier alpha value is -7.63. The number of benzene rings is 4. The molecule has 0 saturated carbocycles. The Bertz CT molecular complexity index is 2820. The molecule has 0 aliphatic carbocycles. The number of fused-ring (bicyclic) bond motifs is 20. The summed E-state index contributed by atoms with van der Waals surface area (Å²) in [5, 5.41) is 49.7. The van der Waals surface area contributed by atoms with Crippen molar-refractivity contribution in [1.29, 1.82) is 0 Å². The van der Waals surface area contributed by atoms with E-state index in [0.29, 0.717) is 44.3 Å². The SMILES string of the molecule is O=[N+]([O-])c1c([N+](=O)[O-])c([N+](=O)[O-])c2c3nc4nc(nc5[nH]c(nc6nc(nc([nH]3)c2c1[N+](=O)[O-])-c1ccccc1-6)c1ccccc51)-c1ccccc1-4.[Al+3]. The minimum atomic E-state index is -1.70. The first kappa shape index (κ1) is 32.6. The second kappa shape index (κ2) is 11.7. The second-order valence-electron chi connectivity index (χ2n) is 11.4. The molecule has 0 atom stereocenters. The molecule has 250 valence electrons. The van der Waals surface area contributed by atoms with E-state index in [9.17, 15) is 40.5 Å². The molecule has 0 fully saturated rings. The maximum atomic E-state index is 12.6. The molecule has 3 aromatic heterocycles. The number of hydrogen-bond acceptors (Lipinski definition) is 14. The van der Waals surface area contributed by atoms with Gasteiger partial charge in [-0.05, 0) is 0 Å². The van der Waals surface area contributed by atoms with Crippen LogP contribution in [0.2, 0.25) is 0 Å². The van der Waals surface area contributed by atoms with E-state index in [-0.39, 0.29) is 40.7 Å². The number of aromatic amines is 2. The third-order valence-corrected chi connectivity index (χ3v) is 8.62. The number of nitrogens with zero attached hydrogens (tertiary/aromatic N) is 10. The minimum absolute atomic E-state index is 0. The number of nitro groups is 4. The van der Waals surface area contributed by atoms with Gasteiger partial charge in [-0.25, -0.2) is 29.9 Å². The molecule has 7 aromatic rings. The Kier molecular flexibility index (Phi) is 7.21. The zero-order valence-corrected chi connectivity index (χ0v) is 27.4. The molecule has 8 bridgehead atoms. The normalized spacial score (nSPS) is 11.5. The van der Waals surface area contributed by atoms with Crippen LogP contribution < -0.4 is 0 Å². The van der Waals surface area contributed by atoms with Crippen molar-refractivity contribution in [3.05, 3.63) is 113 Å². The van der Waals surface area contributed by atoms with Gasteiger partial charge in [0.15, 0.2) is 23.3 Å². The van der Waals surface area contributed by atoms with Crippen molar-refractivity contribution < 1.29 is 19.7 Å². The van der Waals surface area contributed by atoms with Gasteiger partial charge in [0.05, 0.1) is 19.7 Å². The molecule has 0 radical (unpaired) electrons. The van der Waals surface area contributed by atoms with Crippen LogP contribution in [-0.4, -0.2) is 76.9 Å². The van der Waals surface area contributed by atoms with Gasteiger partial charge < -0.3 is 9.97 Å². The average molecular weight is 722 g/mol. The molecule has 21 heteroatoms. The largest absolute Gasteiger partial charge is 3.00 e. The summed E-state index contributed by atoms with van der Waals surface area (Å²) >= 11 is 0. The Morgan fingerprint density at radius 1 is 0.396 bits per heavy atom. The van der Waals surface area contributed by atoms with Crippen molar-refractivity contribution in [3.63, 3.8) is 0 Å². The molecule has 0 unspecified atom stereocenters. The van der Waals surface area contributed by atoms with Crippen LogP contribution >= 0.6 is 0 Å². The molecule has 2 N–H and O–H groups in total. The first-order valence-electron chi connectivity index (χ1n) is 15.0. The van der Waals surface area contributed by atoms with E-state index >= 15 is 0 Å². The number of H-pyrrole nitrogens is 2. The Labute approximate surface area is 302 Å². The Balaban J connectivity index is 0.00000400. The summed E-state index contributed by atoms with van der Waals surface area (Å²) in [5.74, 6) is 0.187. The van der Waals surface area contributed by atoms with E-state index in [1.54, 1.807) is 48.5 Å². The zero-order chi connectivity index (χ0) is 36.0. The summed E-state index contributed by atoms with van der Waals surface area (Å²) in [4.78, 5) is 78.3. The number of nitro benzene ring substituents is 4. The van der Waals surface area contributed by atoms with Gasteiger partial charge in [0.25, 0.3) is 0 Å². The van der Waals surface area contributed by atoms with Crippen LogP contribution in [-0.2, 0) is 0 Å². The van der Waals surface area contributed by atoms with Crippen LogP contribution in [0.15, 0.2) is 72.8 Å². The maximum Gasteiger partial charge on any atom is 3.00 e. The molecular formula is C32H14AlN12O8+3. The third-order valence-electron chi connectivity index (χ3n) is 8.62. The molecule has 0 spiro atoms. The van der Waals surface area contributed by atoms with Gasteiger partial charge in [-0.1, -0.05) is 72.8 Å². The van der Waals surface area contributed by atoms with Crippen molar-refractivity contribution in [2.45, 2.75) is 0 Å². The maximum absolute atomic E-state index is 12.6. The van der Waals surface area contributed by atoms with Gasteiger partial charge in [-0.3, -0.25) is 40.5 Å². The molecule has 2 aliphatic heterocycles. The van der Waals surface area contributed by atoms with Crippen molar-refractivity contribution in [1.82, 2.24) is 39.9 Å². The fourth-order valence-corrected chi connectivity index (χ4v) is 6.54. The first-order chi connectivity index (χ1) is 25.1. The van der Waals surface area contributed by atoms with E-state index in [0.717, 1.165) is 0 Å². The number of rotatable bonds is 4. The van der Waals surface area contributed by atoms with Crippen molar-refractivity contribution in [2.24, 2.45) is 0 Å². The van der Waals surface area contributed by atoms with Gasteiger partial charge in [-0.2, -0.15) is 0 Å². The predicted octanol–water partition coefficient (Wildman–Crippen LogP) is 6.12. The number of aromatic nitrogens is 8. The van der Waals surface area contributed by atoms with Crippen LogP contribution in [0, 0.1) is 40.5 Å².